The van der Waals surface area contributed by atoms with Crippen molar-refractivity contribution < 1.29 is 24.6 Å². The van der Waals surface area contributed by atoms with Crippen molar-refractivity contribution in [1.29, 1.82) is 5.26 Å². The van der Waals surface area contributed by atoms with Crippen molar-refractivity contribution >= 4 is 22.8 Å². The van der Waals surface area contributed by atoms with E-state index in [2.05, 4.69) is 0 Å². The fourth-order valence-corrected chi connectivity index (χ4v) is 2.46. The Hall–Kier alpha value is -3.54. The molecule has 3 rings (SSSR count). The predicted octanol–water partition coefficient (Wildman–Crippen LogP) is 0.232. The minimum Gasteiger partial charge on any atom is -0.506 e. The van der Waals surface area contributed by atoms with Crippen LogP contribution in [0, 0.1) is 17.2 Å². The normalized spacial score (nSPS) is 13.2. The molecular weight excluding hydrogens is 342 g/mol. The molecule has 0 atom stereocenters. The maximum absolute atomic E-state index is 12.7. The van der Waals surface area contributed by atoms with Crippen LogP contribution in [0.2, 0.25) is 0 Å². The molecule has 0 unspecified atom stereocenters. The van der Waals surface area contributed by atoms with Crippen molar-refractivity contribution in [2.24, 2.45) is 5.92 Å². The molecule has 0 aliphatic heterocycles. The lowest BCUT2D eigenvalue weighted by Crippen LogP contribution is -2.38. The zero-order valence-corrected chi connectivity index (χ0v) is 13.6. The number of carboxylic acids is 1. The number of fused-ring (bicyclic) bond motifs is 1. The smallest absolute Gasteiger partial charge is 0.322 e. The lowest BCUT2D eigenvalue weighted by atomic mass is 10.1. The SMILES string of the molecule is N#Cc1ccc2c(c1)c(O)c(C(=O)NCC(=O)O)c(=O)n2OCC1CC1. The number of rotatable bonds is 6. The predicted molar refractivity (Wildman–Crippen MR) is 88.7 cm³/mol. The summed E-state index contributed by atoms with van der Waals surface area (Å²) in [5.74, 6) is -2.64. The number of amides is 1. The Morgan fingerprint density at radius 3 is 2.73 bits per heavy atom. The third kappa shape index (κ3) is 3.30. The second-order valence-electron chi connectivity index (χ2n) is 5.98. The van der Waals surface area contributed by atoms with E-state index in [1.807, 2.05) is 11.4 Å². The number of aliphatic carboxylic acids is 1. The van der Waals surface area contributed by atoms with E-state index in [-0.39, 0.29) is 23.1 Å². The van der Waals surface area contributed by atoms with E-state index in [1.165, 1.54) is 18.2 Å². The van der Waals surface area contributed by atoms with E-state index < -0.39 is 35.3 Å². The first kappa shape index (κ1) is 17.3. The molecule has 1 heterocycles. The quantitative estimate of drug-likeness (QED) is 0.672. The molecule has 26 heavy (non-hydrogen) atoms. The van der Waals surface area contributed by atoms with Gasteiger partial charge in [0, 0.05) is 5.39 Å². The van der Waals surface area contributed by atoms with E-state index in [0.717, 1.165) is 17.6 Å². The Morgan fingerprint density at radius 1 is 1.38 bits per heavy atom. The van der Waals surface area contributed by atoms with Gasteiger partial charge < -0.3 is 20.4 Å². The molecule has 0 radical (unpaired) electrons. The van der Waals surface area contributed by atoms with Gasteiger partial charge in [-0.05, 0) is 37.0 Å². The molecule has 1 aromatic heterocycles. The fourth-order valence-electron chi connectivity index (χ4n) is 2.46. The Kier molecular flexibility index (Phi) is 4.49. The van der Waals surface area contributed by atoms with Crippen molar-refractivity contribution in [3.05, 3.63) is 39.7 Å². The van der Waals surface area contributed by atoms with Crippen LogP contribution in [0.3, 0.4) is 0 Å². The Bertz CT molecular complexity index is 1000. The number of aromatic nitrogens is 1. The number of carbonyl (C=O) groups is 2. The molecule has 9 nitrogen and oxygen atoms in total. The maximum atomic E-state index is 12.7. The summed E-state index contributed by atoms with van der Waals surface area (Å²) in [6.45, 7) is -0.438. The minimum atomic E-state index is -1.30. The molecule has 1 aliphatic rings. The summed E-state index contributed by atoms with van der Waals surface area (Å²) in [5.41, 5.74) is -1.10. The van der Waals surface area contributed by atoms with Crippen LogP contribution in [0.25, 0.3) is 10.9 Å². The summed E-state index contributed by atoms with van der Waals surface area (Å²) >= 11 is 0. The van der Waals surface area contributed by atoms with Gasteiger partial charge in [-0.2, -0.15) is 5.26 Å². The van der Waals surface area contributed by atoms with Gasteiger partial charge in [-0.25, -0.2) is 0 Å². The van der Waals surface area contributed by atoms with Crippen LogP contribution in [0.4, 0.5) is 0 Å². The zero-order chi connectivity index (χ0) is 18.8. The summed E-state index contributed by atoms with van der Waals surface area (Å²) in [5, 5.41) is 30.3. The highest BCUT2D eigenvalue weighted by Gasteiger charge is 2.26. The number of carbonyl (C=O) groups excluding carboxylic acids is 1. The van der Waals surface area contributed by atoms with Gasteiger partial charge in [0.25, 0.3) is 11.5 Å². The third-order valence-corrected chi connectivity index (χ3v) is 4.00. The van der Waals surface area contributed by atoms with Crippen LogP contribution in [-0.4, -0.2) is 40.0 Å². The van der Waals surface area contributed by atoms with Crippen LogP contribution < -0.4 is 15.7 Å². The topological polar surface area (TPSA) is 142 Å². The molecule has 0 spiro atoms. The summed E-state index contributed by atoms with van der Waals surface area (Å²) < 4.78 is 0.907. The maximum Gasteiger partial charge on any atom is 0.322 e. The highest BCUT2D eigenvalue weighted by atomic mass is 16.7. The number of nitrogens with zero attached hydrogens (tertiary/aromatic N) is 2. The third-order valence-electron chi connectivity index (χ3n) is 4.00. The zero-order valence-electron chi connectivity index (χ0n) is 13.6. The summed E-state index contributed by atoms with van der Waals surface area (Å²) in [4.78, 5) is 41.1. The number of nitrogens with one attached hydrogen (secondary N) is 1. The van der Waals surface area contributed by atoms with E-state index in [9.17, 15) is 19.5 Å². The molecule has 9 heteroatoms. The highest BCUT2D eigenvalue weighted by molar-refractivity contribution is 6.03. The average molecular weight is 357 g/mol. The molecule has 0 saturated heterocycles. The molecule has 134 valence electrons. The van der Waals surface area contributed by atoms with Crippen molar-refractivity contribution in [3.8, 4) is 11.8 Å². The molecular formula is C17H15N3O6. The van der Waals surface area contributed by atoms with E-state index in [4.69, 9.17) is 15.2 Å². The lowest BCUT2D eigenvalue weighted by molar-refractivity contribution is -0.135. The number of pyridine rings is 1. The molecule has 0 bridgehead atoms. The van der Waals surface area contributed by atoms with Crippen molar-refractivity contribution in [1.82, 2.24) is 10.0 Å². The average Bonchev–Trinajstić information content (AvgIpc) is 3.44. The van der Waals surface area contributed by atoms with Crippen molar-refractivity contribution in [3.63, 3.8) is 0 Å². The fraction of sp³-hybridized carbons (Fsp3) is 0.294. The molecule has 2 aromatic rings. The first-order valence-electron chi connectivity index (χ1n) is 7.87. The van der Waals surface area contributed by atoms with Gasteiger partial charge in [0.1, 0.15) is 18.9 Å². The van der Waals surface area contributed by atoms with Gasteiger partial charge in [0.2, 0.25) is 0 Å². The molecule has 1 aromatic carbocycles. The number of aromatic hydroxyl groups is 1. The van der Waals surface area contributed by atoms with Crippen LogP contribution >= 0.6 is 0 Å². The van der Waals surface area contributed by atoms with Gasteiger partial charge in [0.05, 0.1) is 17.1 Å². The lowest BCUT2D eigenvalue weighted by Gasteiger charge is -2.15. The molecule has 1 amide bonds. The number of hydrogen-bond donors (Lipinski definition) is 3. The number of nitriles is 1. The van der Waals surface area contributed by atoms with Crippen LogP contribution in [0.15, 0.2) is 23.0 Å². The van der Waals surface area contributed by atoms with Gasteiger partial charge in [-0.1, -0.05) is 0 Å². The minimum absolute atomic E-state index is 0.0833. The van der Waals surface area contributed by atoms with E-state index >= 15 is 0 Å². The standard InChI is InChI=1S/C17H15N3O6/c18-6-10-3-4-12-11(5-10)15(23)14(16(24)19-7-13(21)22)17(25)20(12)26-8-9-1-2-9/h3-5,9,23H,1-2,7-8H2,(H,19,24)(H,21,22). The van der Waals surface area contributed by atoms with Crippen molar-refractivity contribution in [2.75, 3.05) is 13.2 Å². The van der Waals surface area contributed by atoms with Crippen LogP contribution in [0.5, 0.6) is 5.75 Å². The van der Waals surface area contributed by atoms with Gasteiger partial charge in [-0.15, -0.1) is 4.73 Å². The van der Waals surface area contributed by atoms with Gasteiger partial charge >= 0.3 is 5.97 Å². The Balaban J connectivity index is 2.15. The summed E-state index contributed by atoms with van der Waals surface area (Å²) in [6, 6.07) is 6.15. The monoisotopic (exact) mass is 357 g/mol. The number of carboxylic acid groups (broad SMARTS) is 1. The molecule has 1 fully saturated rings. The molecule has 3 N–H and O–H groups in total. The second kappa shape index (κ2) is 6.76. The number of hydrogen-bond acceptors (Lipinski definition) is 6. The van der Waals surface area contributed by atoms with Gasteiger partial charge in [0.15, 0.2) is 5.56 Å². The Morgan fingerprint density at radius 2 is 2.12 bits per heavy atom. The number of benzene rings is 1. The van der Waals surface area contributed by atoms with E-state index in [0.29, 0.717) is 5.92 Å². The van der Waals surface area contributed by atoms with Crippen LogP contribution in [-0.2, 0) is 4.79 Å². The van der Waals surface area contributed by atoms with Gasteiger partial charge in [-0.3, -0.25) is 14.4 Å². The van der Waals surface area contributed by atoms with E-state index in [1.54, 1.807) is 0 Å². The molecule has 1 saturated carbocycles. The first-order chi connectivity index (χ1) is 12.4. The summed E-state index contributed by atoms with van der Waals surface area (Å²) in [6.07, 6.45) is 1.96. The highest BCUT2D eigenvalue weighted by Crippen LogP contribution is 2.30. The second-order valence-corrected chi connectivity index (χ2v) is 5.98. The van der Waals surface area contributed by atoms with Crippen LogP contribution in [0.1, 0.15) is 28.8 Å². The van der Waals surface area contributed by atoms with Crippen molar-refractivity contribution in [2.45, 2.75) is 12.8 Å². The molecule has 1 aliphatic carbocycles. The Labute approximate surface area is 147 Å². The first-order valence-corrected chi connectivity index (χ1v) is 7.87. The summed E-state index contributed by atoms with van der Waals surface area (Å²) in [7, 11) is 0. The largest absolute Gasteiger partial charge is 0.506 e.